The Kier molecular flexibility index (Phi) is 6.47. The number of carbonyl (C=O) groups is 1. The smallest absolute Gasteiger partial charge is 0.315 e. The number of thioether (sulfide) groups is 1. The van der Waals surface area contributed by atoms with Crippen LogP contribution in [0.2, 0.25) is 0 Å². The van der Waals surface area contributed by atoms with Gasteiger partial charge in [-0.05, 0) is 25.0 Å². The third-order valence-corrected chi connectivity index (χ3v) is 4.22. The average molecular weight is 288 g/mol. The van der Waals surface area contributed by atoms with Gasteiger partial charge in [0.05, 0.1) is 6.10 Å². The molecule has 19 heavy (non-hydrogen) atoms. The Morgan fingerprint density at radius 2 is 2.16 bits per heavy atom. The van der Waals surface area contributed by atoms with E-state index in [0.717, 1.165) is 18.8 Å². The van der Waals surface area contributed by atoms with Crippen molar-refractivity contribution in [2.75, 3.05) is 25.2 Å². The van der Waals surface area contributed by atoms with Crippen molar-refractivity contribution in [3.05, 3.63) is 0 Å². The molecule has 0 saturated carbocycles. The molecule has 1 heterocycles. The van der Waals surface area contributed by atoms with Gasteiger partial charge in [0.25, 0.3) is 0 Å². The topological polar surface area (TPSA) is 50.4 Å². The molecule has 0 spiro atoms. The third kappa shape index (κ3) is 5.61. The van der Waals surface area contributed by atoms with Crippen LogP contribution in [0.4, 0.5) is 4.79 Å². The van der Waals surface area contributed by atoms with Crippen molar-refractivity contribution in [2.24, 2.45) is 11.3 Å². The summed E-state index contributed by atoms with van der Waals surface area (Å²) in [5.74, 6) is 1.35. The zero-order valence-corrected chi connectivity index (χ0v) is 13.6. The number of hydrogen-bond donors (Lipinski definition) is 2. The lowest BCUT2D eigenvalue weighted by atomic mass is 9.81. The van der Waals surface area contributed by atoms with E-state index in [2.05, 4.69) is 31.4 Å². The Morgan fingerprint density at radius 3 is 2.74 bits per heavy atom. The highest BCUT2D eigenvalue weighted by Crippen LogP contribution is 2.34. The fraction of sp³-hybridized carbons (Fsp3) is 0.929. The number of rotatable bonds is 5. The zero-order valence-electron chi connectivity index (χ0n) is 12.8. The summed E-state index contributed by atoms with van der Waals surface area (Å²) in [6, 6.07) is 0.134. The standard InChI is InChI=1S/C14H28N2O2S/c1-10(9-19-5)16-13(17)15-8-11-6-7-18-12(11)14(2,3)4/h10-12H,6-9H2,1-5H3,(H2,15,16,17)/t10?,11-,12+/m1/s1. The predicted octanol–water partition coefficient (Wildman–Crippen LogP) is 2.49. The SMILES string of the molecule is CSCC(C)NC(=O)NC[C@H]1CCO[C@@H]1C(C)(C)C. The van der Waals surface area contributed by atoms with Crippen molar-refractivity contribution in [2.45, 2.75) is 46.3 Å². The number of nitrogens with one attached hydrogen (secondary N) is 2. The lowest BCUT2D eigenvalue weighted by Crippen LogP contribution is -2.45. The van der Waals surface area contributed by atoms with Gasteiger partial charge in [-0.15, -0.1) is 0 Å². The number of amides is 2. The molecule has 2 N–H and O–H groups in total. The molecule has 1 rings (SSSR count). The second-order valence-corrected chi connectivity index (χ2v) is 7.33. The van der Waals surface area contributed by atoms with Gasteiger partial charge >= 0.3 is 6.03 Å². The van der Waals surface area contributed by atoms with Crippen LogP contribution in [-0.4, -0.2) is 43.3 Å². The minimum atomic E-state index is -0.0684. The molecule has 1 aliphatic rings. The van der Waals surface area contributed by atoms with Gasteiger partial charge < -0.3 is 15.4 Å². The van der Waals surface area contributed by atoms with Crippen molar-refractivity contribution < 1.29 is 9.53 Å². The largest absolute Gasteiger partial charge is 0.377 e. The first-order valence-electron chi connectivity index (χ1n) is 6.99. The van der Waals surface area contributed by atoms with Crippen molar-refractivity contribution in [3.63, 3.8) is 0 Å². The minimum absolute atomic E-state index is 0.0684. The molecule has 5 heteroatoms. The van der Waals surface area contributed by atoms with Gasteiger partial charge in [-0.2, -0.15) is 11.8 Å². The van der Waals surface area contributed by atoms with Crippen LogP contribution in [0.25, 0.3) is 0 Å². The Balaban J connectivity index is 2.33. The number of carbonyl (C=O) groups excluding carboxylic acids is 1. The second-order valence-electron chi connectivity index (χ2n) is 6.42. The molecule has 0 bridgehead atoms. The summed E-state index contributed by atoms with van der Waals surface area (Å²) in [5.41, 5.74) is 0.130. The molecule has 0 aromatic rings. The van der Waals surface area contributed by atoms with Crippen LogP contribution < -0.4 is 10.6 Å². The normalized spacial score (nSPS) is 25.1. The van der Waals surface area contributed by atoms with Gasteiger partial charge in [0.2, 0.25) is 0 Å². The molecule has 112 valence electrons. The highest BCUT2D eigenvalue weighted by Gasteiger charge is 2.37. The quantitative estimate of drug-likeness (QED) is 0.817. The lowest BCUT2D eigenvalue weighted by Gasteiger charge is -2.31. The average Bonchev–Trinajstić information content (AvgIpc) is 2.74. The summed E-state index contributed by atoms with van der Waals surface area (Å²) >= 11 is 1.74. The van der Waals surface area contributed by atoms with E-state index in [1.807, 2.05) is 13.2 Å². The Bertz CT molecular complexity index is 292. The van der Waals surface area contributed by atoms with Crippen LogP contribution in [0.3, 0.4) is 0 Å². The van der Waals surface area contributed by atoms with Crippen LogP contribution in [0.1, 0.15) is 34.1 Å². The molecule has 0 aromatic heterocycles. The highest BCUT2D eigenvalue weighted by molar-refractivity contribution is 7.98. The maximum atomic E-state index is 11.8. The van der Waals surface area contributed by atoms with Crippen LogP contribution in [0.5, 0.6) is 0 Å². The van der Waals surface area contributed by atoms with E-state index in [4.69, 9.17) is 4.74 Å². The van der Waals surface area contributed by atoms with E-state index in [-0.39, 0.29) is 23.6 Å². The van der Waals surface area contributed by atoms with Crippen molar-refractivity contribution in [1.29, 1.82) is 0 Å². The molecule has 0 aromatic carbocycles. The first-order chi connectivity index (χ1) is 8.84. The Labute approximate surface area is 121 Å². The first kappa shape index (κ1) is 16.6. The fourth-order valence-electron chi connectivity index (χ4n) is 2.59. The lowest BCUT2D eigenvalue weighted by molar-refractivity contribution is 0.00774. The maximum Gasteiger partial charge on any atom is 0.315 e. The van der Waals surface area contributed by atoms with Gasteiger partial charge in [-0.1, -0.05) is 20.8 Å². The van der Waals surface area contributed by atoms with Gasteiger partial charge in [-0.3, -0.25) is 0 Å². The number of ether oxygens (including phenoxy) is 1. The maximum absolute atomic E-state index is 11.8. The van der Waals surface area contributed by atoms with E-state index < -0.39 is 0 Å². The molecule has 1 fully saturated rings. The molecular formula is C14H28N2O2S. The van der Waals surface area contributed by atoms with Crippen LogP contribution in [-0.2, 0) is 4.74 Å². The van der Waals surface area contributed by atoms with Crippen molar-refractivity contribution in [3.8, 4) is 0 Å². The first-order valence-corrected chi connectivity index (χ1v) is 8.39. The zero-order chi connectivity index (χ0) is 14.5. The van der Waals surface area contributed by atoms with E-state index in [9.17, 15) is 4.79 Å². The van der Waals surface area contributed by atoms with E-state index >= 15 is 0 Å². The van der Waals surface area contributed by atoms with Crippen LogP contribution in [0, 0.1) is 11.3 Å². The summed E-state index contributed by atoms with van der Waals surface area (Å²) in [5, 5.41) is 5.92. The Hall–Kier alpha value is -0.420. The number of urea groups is 1. The molecule has 2 amide bonds. The van der Waals surface area contributed by atoms with Gasteiger partial charge in [0, 0.05) is 30.9 Å². The molecule has 4 nitrogen and oxygen atoms in total. The molecule has 0 radical (unpaired) electrons. The molecule has 0 aliphatic carbocycles. The monoisotopic (exact) mass is 288 g/mol. The van der Waals surface area contributed by atoms with Crippen molar-refractivity contribution >= 4 is 17.8 Å². The fourth-order valence-corrected chi connectivity index (χ4v) is 3.17. The summed E-state index contributed by atoms with van der Waals surface area (Å²) in [4.78, 5) is 11.8. The third-order valence-electron chi connectivity index (χ3n) is 3.39. The molecule has 1 unspecified atom stereocenters. The van der Waals surface area contributed by atoms with E-state index in [0.29, 0.717) is 12.5 Å². The number of hydrogen-bond acceptors (Lipinski definition) is 3. The molecule has 3 atom stereocenters. The molecule has 1 aliphatic heterocycles. The van der Waals surface area contributed by atoms with Crippen LogP contribution in [0.15, 0.2) is 0 Å². The highest BCUT2D eigenvalue weighted by atomic mass is 32.2. The van der Waals surface area contributed by atoms with E-state index in [1.165, 1.54) is 0 Å². The van der Waals surface area contributed by atoms with Gasteiger partial charge in [0.15, 0.2) is 0 Å². The summed E-state index contributed by atoms with van der Waals surface area (Å²) < 4.78 is 5.81. The predicted molar refractivity (Wildman–Crippen MR) is 81.7 cm³/mol. The van der Waals surface area contributed by atoms with Crippen molar-refractivity contribution in [1.82, 2.24) is 10.6 Å². The summed E-state index contributed by atoms with van der Waals surface area (Å²) in [6.07, 6.45) is 3.30. The second kappa shape index (κ2) is 7.39. The summed E-state index contributed by atoms with van der Waals surface area (Å²) in [6.45, 7) is 10.1. The summed E-state index contributed by atoms with van der Waals surface area (Å²) in [7, 11) is 0. The molecular weight excluding hydrogens is 260 g/mol. The minimum Gasteiger partial charge on any atom is -0.377 e. The Morgan fingerprint density at radius 1 is 1.47 bits per heavy atom. The van der Waals surface area contributed by atoms with Gasteiger partial charge in [-0.25, -0.2) is 4.79 Å². The van der Waals surface area contributed by atoms with Gasteiger partial charge in [0.1, 0.15) is 0 Å². The van der Waals surface area contributed by atoms with E-state index in [1.54, 1.807) is 11.8 Å². The molecule has 1 saturated heterocycles. The van der Waals surface area contributed by atoms with Crippen LogP contribution >= 0.6 is 11.8 Å².